The van der Waals surface area contributed by atoms with Crippen LogP contribution in [0, 0.1) is 0 Å². The number of carbonyl (C=O) groups excluding carboxylic acids is 1. The molecule has 0 spiro atoms. The number of amides is 1. The van der Waals surface area contributed by atoms with Gasteiger partial charge in [0.2, 0.25) is 11.9 Å². The Morgan fingerprint density at radius 3 is 3.00 bits per heavy atom. The van der Waals surface area contributed by atoms with E-state index in [9.17, 15) is 4.79 Å². The van der Waals surface area contributed by atoms with Crippen molar-refractivity contribution in [2.45, 2.75) is 19.1 Å². The van der Waals surface area contributed by atoms with Gasteiger partial charge in [0.1, 0.15) is 0 Å². The lowest BCUT2D eigenvalue weighted by molar-refractivity contribution is -0.120. The van der Waals surface area contributed by atoms with E-state index in [1.165, 1.54) is 0 Å². The van der Waals surface area contributed by atoms with Crippen LogP contribution in [0.1, 0.15) is 6.42 Å². The molecular formula is C14H18N4O2. The average molecular weight is 274 g/mol. The van der Waals surface area contributed by atoms with E-state index in [-0.39, 0.29) is 18.4 Å². The summed E-state index contributed by atoms with van der Waals surface area (Å²) in [5.41, 5.74) is 7.56. The van der Waals surface area contributed by atoms with E-state index >= 15 is 0 Å². The maximum atomic E-state index is 12.4. The number of rotatable bonds is 4. The molecule has 6 heteroatoms. The minimum absolute atomic E-state index is 0.0105. The summed E-state index contributed by atoms with van der Waals surface area (Å²) in [5.74, 6) is 0.736. The first kappa shape index (κ1) is 13.1. The molecule has 1 aliphatic rings. The Morgan fingerprint density at radius 1 is 1.45 bits per heavy atom. The molecule has 2 aromatic rings. The fourth-order valence-corrected chi connectivity index (χ4v) is 2.59. The lowest BCUT2D eigenvalue weighted by atomic mass is 10.2. The number of methoxy groups -OCH3 is 1. The normalized spacial score (nSPS) is 15.6. The number of nitrogens with two attached hydrogens (primary N) is 1. The highest BCUT2D eigenvalue weighted by Crippen LogP contribution is 2.27. The molecule has 0 bridgehead atoms. The van der Waals surface area contributed by atoms with Crippen molar-refractivity contribution >= 4 is 22.9 Å². The van der Waals surface area contributed by atoms with Crippen LogP contribution in [0.2, 0.25) is 0 Å². The number of fused-ring (bicyclic) bond motifs is 3. The predicted octanol–water partition coefficient (Wildman–Crippen LogP) is 0.747. The van der Waals surface area contributed by atoms with Gasteiger partial charge in [0.25, 0.3) is 0 Å². The SMILES string of the molecule is COC(CN)CC(=O)N1CCn2c1nc1ccccc12. The van der Waals surface area contributed by atoms with E-state index in [0.29, 0.717) is 13.1 Å². The first-order valence-corrected chi connectivity index (χ1v) is 6.73. The van der Waals surface area contributed by atoms with Gasteiger partial charge >= 0.3 is 0 Å². The quantitative estimate of drug-likeness (QED) is 0.892. The highest BCUT2D eigenvalue weighted by Gasteiger charge is 2.29. The van der Waals surface area contributed by atoms with Gasteiger partial charge in [-0.1, -0.05) is 12.1 Å². The van der Waals surface area contributed by atoms with Crippen LogP contribution in [0.15, 0.2) is 24.3 Å². The van der Waals surface area contributed by atoms with E-state index in [0.717, 1.165) is 23.5 Å². The van der Waals surface area contributed by atoms with Crippen LogP contribution in [-0.4, -0.2) is 41.8 Å². The average Bonchev–Trinajstić information content (AvgIpc) is 3.03. The van der Waals surface area contributed by atoms with E-state index in [4.69, 9.17) is 10.5 Å². The Morgan fingerprint density at radius 2 is 2.25 bits per heavy atom. The van der Waals surface area contributed by atoms with Gasteiger partial charge in [0, 0.05) is 26.7 Å². The van der Waals surface area contributed by atoms with Gasteiger partial charge < -0.3 is 15.0 Å². The number of para-hydroxylation sites is 2. The maximum absolute atomic E-state index is 12.4. The van der Waals surface area contributed by atoms with Gasteiger partial charge in [-0.05, 0) is 12.1 Å². The van der Waals surface area contributed by atoms with Gasteiger partial charge in [-0.3, -0.25) is 9.69 Å². The van der Waals surface area contributed by atoms with Crippen molar-refractivity contribution in [3.05, 3.63) is 24.3 Å². The Bertz CT molecular complexity index is 633. The monoisotopic (exact) mass is 274 g/mol. The predicted molar refractivity (Wildman–Crippen MR) is 76.6 cm³/mol. The summed E-state index contributed by atoms with van der Waals surface area (Å²) >= 11 is 0. The van der Waals surface area contributed by atoms with Crippen LogP contribution < -0.4 is 10.6 Å². The summed E-state index contributed by atoms with van der Waals surface area (Å²) in [5, 5.41) is 0. The second-order valence-corrected chi connectivity index (χ2v) is 4.90. The zero-order valence-corrected chi connectivity index (χ0v) is 11.5. The standard InChI is InChI=1S/C14H18N4O2/c1-20-10(9-15)8-13(19)18-7-6-17-12-5-3-2-4-11(12)16-14(17)18/h2-5,10H,6-9,15H2,1H3. The van der Waals surface area contributed by atoms with Crippen molar-refractivity contribution in [3.63, 3.8) is 0 Å². The fourth-order valence-electron chi connectivity index (χ4n) is 2.59. The third-order valence-corrected chi connectivity index (χ3v) is 3.72. The summed E-state index contributed by atoms with van der Waals surface area (Å²) < 4.78 is 7.26. The summed E-state index contributed by atoms with van der Waals surface area (Å²) in [6.45, 7) is 1.78. The first-order chi connectivity index (χ1) is 9.74. The molecule has 1 unspecified atom stereocenters. The Balaban J connectivity index is 1.87. The van der Waals surface area contributed by atoms with Crippen LogP contribution in [0.4, 0.5) is 5.95 Å². The van der Waals surface area contributed by atoms with Crippen LogP contribution in [0.5, 0.6) is 0 Å². The molecular weight excluding hydrogens is 256 g/mol. The number of hydrogen-bond acceptors (Lipinski definition) is 4. The van der Waals surface area contributed by atoms with Crippen molar-refractivity contribution in [1.29, 1.82) is 0 Å². The van der Waals surface area contributed by atoms with Gasteiger partial charge in [-0.15, -0.1) is 0 Å². The minimum atomic E-state index is -0.235. The molecule has 6 nitrogen and oxygen atoms in total. The van der Waals surface area contributed by atoms with Gasteiger partial charge in [0.05, 0.1) is 23.6 Å². The Hall–Kier alpha value is -1.92. The number of anilines is 1. The molecule has 1 aromatic carbocycles. The van der Waals surface area contributed by atoms with Crippen molar-refractivity contribution < 1.29 is 9.53 Å². The van der Waals surface area contributed by atoms with Gasteiger partial charge in [-0.2, -0.15) is 0 Å². The van der Waals surface area contributed by atoms with E-state index in [2.05, 4.69) is 9.55 Å². The van der Waals surface area contributed by atoms with Gasteiger partial charge in [0.15, 0.2) is 0 Å². The zero-order chi connectivity index (χ0) is 14.1. The zero-order valence-electron chi connectivity index (χ0n) is 11.5. The van der Waals surface area contributed by atoms with Gasteiger partial charge in [-0.25, -0.2) is 4.98 Å². The molecule has 20 heavy (non-hydrogen) atoms. The van der Waals surface area contributed by atoms with Crippen molar-refractivity contribution in [2.75, 3.05) is 25.1 Å². The second kappa shape index (κ2) is 5.22. The number of ether oxygens (including phenoxy) is 1. The first-order valence-electron chi connectivity index (χ1n) is 6.73. The molecule has 0 saturated carbocycles. The third kappa shape index (κ3) is 2.07. The van der Waals surface area contributed by atoms with Crippen LogP contribution in [0.25, 0.3) is 11.0 Å². The molecule has 106 valence electrons. The largest absolute Gasteiger partial charge is 0.380 e. The van der Waals surface area contributed by atoms with Crippen LogP contribution >= 0.6 is 0 Å². The molecule has 1 aromatic heterocycles. The van der Waals surface area contributed by atoms with Crippen molar-refractivity contribution in [1.82, 2.24) is 9.55 Å². The number of hydrogen-bond donors (Lipinski definition) is 1. The summed E-state index contributed by atoms with van der Waals surface area (Å²) in [6.07, 6.45) is 0.0527. The summed E-state index contributed by atoms with van der Waals surface area (Å²) in [7, 11) is 1.57. The second-order valence-electron chi connectivity index (χ2n) is 4.90. The van der Waals surface area contributed by atoms with Crippen molar-refractivity contribution in [3.8, 4) is 0 Å². The Labute approximate surface area is 117 Å². The van der Waals surface area contributed by atoms with E-state index < -0.39 is 0 Å². The molecule has 3 rings (SSSR count). The molecule has 1 atom stereocenters. The molecule has 1 amide bonds. The fraction of sp³-hybridized carbons (Fsp3) is 0.429. The lowest BCUT2D eigenvalue weighted by Crippen LogP contribution is -2.35. The Kier molecular flexibility index (Phi) is 3.42. The van der Waals surface area contributed by atoms with Crippen LogP contribution in [-0.2, 0) is 16.1 Å². The smallest absolute Gasteiger partial charge is 0.232 e. The number of carbonyl (C=O) groups is 1. The molecule has 2 heterocycles. The molecule has 0 radical (unpaired) electrons. The number of benzene rings is 1. The highest BCUT2D eigenvalue weighted by molar-refractivity contribution is 5.95. The molecule has 0 saturated heterocycles. The number of aromatic nitrogens is 2. The summed E-state index contributed by atoms with van der Waals surface area (Å²) in [4.78, 5) is 18.6. The molecule has 2 N–H and O–H groups in total. The van der Waals surface area contributed by atoms with Crippen molar-refractivity contribution in [2.24, 2.45) is 5.73 Å². The minimum Gasteiger partial charge on any atom is -0.380 e. The molecule has 1 aliphatic heterocycles. The van der Waals surface area contributed by atoms with E-state index in [1.807, 2.05) is 24.3 Å². The van der Waals surface area contributed by atoms with Crippen LogP contribution in [0.3, 0.4) is 0 Å². The topological polar surface area (TPSA) is 73.4 Å². The summed E-state index contributed by atoms with van der Waals surface area (Å²) in [6, 6.07) is 7.92. The lowest BCUT2D eigenvalue weighted by Gasteiger charge is -2.17. The van der Waals surface area contributed by atoms with E-state index in [1.54, 1.807) is 12.0 Å². The molecule has 0 fully saturated rings. The molecule has 0 aliphatic carbocycles. The highest BCUT2D eigenvalue weighted by atomic mass is 16.5. The number of imidazole rings is 1. The number of nitrogens with zero attached hydrogens (tertiary/aromatic N) is 3. The third-order valence-electron chi connectivity index (χ3n) is 3.72. The maximum Gasteiger partial charge on any atom is 0.232 e.